The first-order valence-electron chi connectivity index (χ1n) is 7.17. The minimum atomic E-state index is -3.59. The SMILES string of the molecule is CCN(CC)C(=O)c1nc(CNS(=O)(=O)c2cccs2)oc1C. The Balaban J connectivity index is 2.11. The van der Waals surface area contributed by atoms with Crippen molar-refractivity contribution >= 4 is 27.3 Å². The Morgan fingerprint density at radius 2 is 2.09 bits per heavy atom. The van der Waals surface area contributed by atoms with Crippen molar-refractivity contribution in [2.75, 3.05) is 13.1 Å². The quantitative estimate of drug-likeness (QED) is 0.818. The summed E-state index contributed by atoms with van der Waals surface area (Å²) in [6.45, 7) is 6.44. The summed E-state index contributed by atoms with van der Waals surface area (Å²) in [6, 6.07) is 3.18. The summed E-state index contributed by atoms with van der Waals surface area (Å²) in [7, 11) is -3.59. The van der Waals surface area contributed by atoms with Gasteiger partial charge in [0, 0.05) is 13.1 Å². The molecule has 0 bridgehead atoms. The lowest BCUT2D eigenvalue weighted by molar-refractivity contribution is 0.0766. The molecule has 0 saturated heterocycles. The molecular formula is C14H19N3O4S2. The monoisotopic (exact) mass is 357 g/mol. The molecule has 1 amide bonds. The standard InChI is InChI=1S/C14H19N3O4S2/c1-4-17(5-2)14(18)13-10(3)21-11(16-13)9-15-23(19,20)12-7-6-8-22-12/h6-8,15H,4-5,9H2,1-3H3. The molecule has 0 aliphatic carbocycles. The highest BCUT2D eigenvalue weighted by molar-refractivity contribution is 7.91. The van der Waals surface area contributed by atoms with Crippen LogP contribution in [0.15, 0.2) is 26.1 Å². The average molecular weight is 357 g/mol. The fraction of sp³-hybridized carbons (Fsp3) is 0.429. The normalized spacial score (nSPS) is 11.6. The second-order valence-corrected chi connectivity index (χ2v) is 7.69. The highest BCUT2D eigenvalue weighted by Gasteiger charge is 2.22. The Kier molecular flexibility index (Phi) is 5.55. The summed E-state index contributed by atoms with van der Waals surface area (Å²) in [4.78, 5) is 18.1. The summed E-state index contributed by atoms with van der Waals surface area (Å²) in [5.41, 5.74) is 0.221. The molecule has 0 atom stereocenters. The third-order valence-electron chi connectivity index (χ3n) is 3.27. The molecule has 2 rings (SSSR count). The zero-order valence-electron chi connectivity index (χ0n) is 13.2. The maximum Gasteiger partial charge on any atom is 0.276 e. The first kappa shape index (κ1) is 17.6. The molecule has 0 aromatic carbocycles. The van der Waals surface area contributed by atoms with E-state index in [1.54, 1.807) is 23.3 Å². The van der Waals surface area contributed by atoms with Crippen LogP contribution < -0.4 is 4.72 Å². The largest absolute Gasteiger partial charge is 0.444 e. The van der Waals surface area contributed by atoms with Crippen molar-refractivity contribution in [3.05, 3.63) is 34.9 Å². The average Bonchev–Trinajstić information content (AvgIpc) is 3.16. The van der Waals surface area contributed by atoms with Crippen molar-refractivity contribution in [2.45, 2.75) is 31.5 Å². The number of hydrogen-bond acceptors (Lipinski definition) is 6. The molecule has 2 aromatic heterocycles. The predicted molar refractivity (Wildman–Crippen MR) is 86.8 cm³/mol. The van der Waals surface area contributed by atoms with E-state index in [1.165, 1.54) is 6.07 Å². The number of oxazole rings is 1. The number of amides is 1. The molecule has 9 heteroatoms. The Hall–Kier alpha value is -1.71. The van der Waals surface area contributed by atoms with E-state index in [9.17, 15) is 13.2 Å². The number of carbonyl (C=O) groups excluding carboxylic acids is 1. The molecule has 126 valence electrons. The van der Waals surface area contributed by atoms with E-state index in [4.69, 9.17) is 4.42 Å². The van der Waals surface area contributed by atoms with Gasteiger partial charge in [0.1, 0.15) is 9.97 Å². The van der Waals surface area contributed by atoms with E-state index in [-0.39, 0.29) is 28.2 Å². The van der Waals surface area contributed by atoms with Crippen LogP contribution in [0.1, 0.15) is 36.0 Å². The van der Waals surface area contributed by atoms with Crippen molar-refractivity contribution in [3.8, 4) is 0 Å². The third kappa shape index (κ3) is 3.98. The summed E-state index contributed by atoms with van der Waals surface area (Å²) >= 11 is 1.13. The summed E-state index contributed by atoms with van der Waals surface area (Å²) in [5.74, 6) is 0.328. The number of hydrogen-bond donors (Lipinski definition) is 1. The van der Waals surface area contributed by atoms with E-state index in [0.29, 0.717) is 18.8 Å². The van der Waals surface area contributed by atoms with Gasteiger partial charge in [0.2, 0.25) is 5.89 Å². The van der Waals surface area contributed by atoms with Crippen molar-refractivity contribution in [2.24, 2.45) is 0 Å². The van der Waals surface area contributed by atoms with Crippen LogP contribution in [-0.4, -0.2) is 37.3 Å². The molecule has 7 nitrogen and oxygen atoms in total. The van der Waals surface area contributed by atoms with Crippen LogP contribution in [0, 0.1) is 6.92 Å². The number of nitrogens with one attached hydrogen (secondary N) is 1. The van der Waals surface area contributed by atoms with Crippen molar-refractivity contribution in [1.82, 2.24) is 14.6 Å². The summed E-state index contributed by atoms with van der Waals surface area (Å²) < 4.78 is 32.1. The van der Waals surface area contributed by atoms with Gasteiger partial charge in [-0.05, 0) is 32.2 Å². The second kappa shape index (κ2) is 7.24. The Bertz CT molecular complexity index is 762. The number of thiophene rings is 1. The minimum Gasteiger partial charge on any atom is -0.444 e. The fourth-order valence-electron chi connectivity index (χ4n) is 2.03. The number of aryl methyl sites for hydroxylation is 1. The number of aromatic nitrogens is 1. The third-order valence-corrected chi connectivity index (χ3v) is 6.07. The van der Waals surface area contributed by atoms with E-state index in [0.717, 1.165) is 11.3 Å². The lowest BCUT2D eigenvalue weighted by Gasteiger charge is -2.16. The van der Waals surface area contributed by atoms with E-state index in [2.05, 4.69) is 9.71 Å². The number of carbonyl (C=O) groups is 1. The Morgan fingerprint density at radius 1 is 1.39 bits per heavy atom. The van der Waals surface area contributed by atoms with Crippen LogP contribution >= 0.6 is 11.3 Å². The first-order chi connectivity index (χ1) is 10.9. The second-order valence-electron chi connectivity index (χ2n) is 4.75. The lowest BCUT2D eigenvalue weighted by Crippen LogP contribution is -2.31. The van der Waals surface area contributed by atoms with Gasteiger partial charge in [-0.3, -0.25) is 4.79 Å². The van der Waals surface area contributed by atoms with Gasteiger partial charge in [0.15, 0.2) is 5.69 Å². The van der Waals surface area contributed by atoms with Gasteiger partial charge in [-0.2, -0.15) is 0 Å². The molecule has 2 aromatic rings. The van der Waals surface area contributed by atoms with Gasteiger partial charge >= 0.3 is 0 Å². The molecule has 0 fully saturated rings. The topological polar surface area (TPSA) is 92.5 Å². The van der Waals surface area contributed by atoms with Gasteiger partial charge in [-0.15, -0.1) is 11.3 Å². The summed E-state index contributed by atoms with van der Waals surface area (Å²) in [6.07, 6.45) is 0. The van der Waals surface area contributed by atoms with E-state index < -0.39 is 10.0 Å². The molecule has 0 radical (unpaired) electrons. The zero-order chi connectivity index (χ0) is 17.0. The van der Waals surface area contributed by atoms with Crippen LogP contribution in [0.5, 0.6) is 0 Å². The smallest absolute Gasteiger partial charge is 0.276 e. The molecule has 0 unspecified atom stereocenters. The van der Waals surface area contributed by atoms with Crippen LogP contribution in [0.3, 0.4) is 0 Å². The van der Waals surface area contributed by atoms with E-state index >= 15 is 0 Å². The maximum absolute atomic E-state index is 12.3. The van der Waals surface area contributed by atoms with Crippen molar-refractivity contribution in [1.29, 1.82) is 0 Å². The van der Waals surface area contributed by atoms with Gasteiger partial charge in [0.05, 0.1) is 6.54 Å². The molecule has 0 saturated carbocycles. The predicted octanol–water partition coefficient (Wildman–Crippen LogP) is 2.01. The lowest BCUT2D eigenvalue weighted by atomic mass is 10.3. The maximum atomic E-state index is 12.3. The highest BCUT2D eigenvalue weighted by Crippen LogP contribution is 2.17. The zero-order valence-corrected chi connectivity index (χ0v) is 14.8. The molecule has 23 heavy (non-hydrogen) atoms. The molecule has 0 aliphatic heterocycles. The molecule has 2 heterocycles. The van der Waals surface area contributed by atoms with Crippen LogP contribution in [0.2, 0.25) is 0 Å². The van der Waals surface area contributed by atoms with Crippen LogP contribution in [0.25, 0.3) is 0 Å². The van der Waals surface area contributed by atoms with Gasteiger partial charge < -0.3 is 9.32 Å². The van der Waals surface area contributed by atoms with Crippen LogP contribution in [-0.2, 0) is 16.6 Å². The van der Waals surface area contributed by atoms with Gasteiger partial charge in [-0.1, -0.05) is 6.07 Å². The van der Waals surface area contributed by atoms with Crippen molar-refractivity contribution in [3.63, 3.8) is 0 Å². The Labute approximate surface area is 139 Å². The summed E-state index contributed by atoms with van der Waals surface area (Å²) in [5, 5.41) is 1.69. The highest BCUT2D eigenvalue weighted by atomic mass is 32.2. The molecule has 1 N–H and O–H groups in total. The molecule has 0 spiro atoms. The number of rotatable bonds is 7. The van der Waals surface area contributed by atoms with E-state index in [1.807, 2.05) is 13.8 Å². The minimum absolute atomic E-state index is 0.105. The Morgan fingerprint density at radius 3 is 2.65 bits per heavy atom. The molecule has 0 aliphatic rings. The first-order valence-corrected chi connectivity index (χ1v) is 9.54. The number of nitrogens with zero attached hydrogens (tertiary/aromatic N) is 2. The van der Waals surface area contributed by atoms with Crippen molar-refractivity contribution < 1.29 is 17.6 Å². The van der Waals surface area contributed by atoms with Gasteiger partial charge in [-0.25, -0.2) is 18.1 Å². The van der Waals surface area contributed by atoms with Gasteiger partial charge in [0.25, 0.3) is 15.9 Å². The fourth-order valence-corrected chi connectivity index (χ4v) is 4.04. The van der Waals surface area contributed by atoms with Crippen LogP contribution in [0.4, 0.5) is 0 Å². The molecular weight excluding hydrogens is 338 g/mol. The number of sulfonamides is 1.